The molecule has 1 saturated carbocycles. The van der Waals surface area contributed by atoms with Gasteiger partial charge in [-0.2, -0.15) is 0 Å². The molecule has 3 unspecified atom stereocenters. The number of hydrogen-bond acceptors (Lipinski definition) is 5. The number of likely N-dealkylation sites (tertiary alicyclic amines) is 1. The van der Waals surface area contributed by atoms with Crippen molar-refractivity contribution in [3.8, 4) is 11.5 Å². The smallest absolute Gasteiger partial charge is 0.508 e. The Bertz CT molecular complexity index is 1180. The standard InChI is InChI=1S/C29H33F3N2O4/c1-3-15-34-16-14-27(22-7-5-8-24(35)18-22)19-23(12-13-28(27,20-34)37-2)33-26(36)11-10-21-6-4-9-25(17-21)38-29(30,31)32/h3-11,17-18,23,35H,1,12-16,19-20H2,2H3,(H,33,36). The first-order valence-electron chi connectivity index (χ1n) is 12.6. The molecule has 3 atom stereocenters. The summed E-state index contributed by atoms with van der Waals surface area (Å²) in [5.74, 6) is -0.502. The highest BCUT2D eigenvalue weighted by Gasteiger charge is 2.58. The van der Waals surface area contributed by atoms with Gasteiger partial charge >= 0.3 is 6.36 Å². The first kappa shape index (κ1) is 27.7. The average Bonchev–Trinajstić information content (AvgIpc) is 2.87. The Morgan fingerprint density at radius 1 is 1.24 bits per heavy atom. The lowest BCUT2D eigenvalue weighted by Gasteiger charge is -2.59. The number of rotatable bonds is 8. The van der Waals surface area contributed by atoms with Crippen molar-refractivity contribution in [1.29, 1.82) is 0 Å². The Balaban J connectivity index is 1.53. The molecule has 1 aliphatic carbocycles. The lowest BCUT2D eigenvalue weighted by atomic mass is 9.55. The van der Waals surface area contributed by atoms with E-state index in [0.29, 0.717) is 31.4 Å². The minimum atomic E-state index is -4.79. The van der Waals surface area contributed by atoms with Gasteiger partial charge in [0.2, 0.25) is 5.91 Å². The summed E-state index contributed by atoms with van der Waals surface area (Å²) >= 11 is 0. The lowest BCUT2D eigenvalue weighted by Crippen LogP contribution is -2.67. The fourth-order valence-electron chi connectivity index (χ4n) is 6.09. The summed E-state index contributed by atoms with van der Waals surface area (Å²) in [4.78, 5) is 15.2. The number of halogens is 3. The van der Waals surface area contributed by atoms with Crippen molar-refractivity contribution in [1.82, 2.24) is 10.2 Å². The minimum Gasteiger partial charge on any atom is -0.508 e. The Morgan fingerprint density at radius 2 is 2.03 bits per heavy atom. The molecule has 204 valence electrons. The molecule has 4 rings (SSSR count). The third-order valence-corrected chi connectivity index (χ3v) is 7.74. The normalized spacial score (nSPS) is 26.1. The van der Waals surface area contributed by atoms with E-state index in [9.17, 15) is 23.1 Å². The van der Waals surface area contributed by atoms with E-state index < -0.39 is 17.4 Å². The molecule has 9 heteroatoms. The highest BCUT2D eigenvalue weighted by atomic mass is 19.4. The zero-order valence-corrected chi connectivity index (χ0v) is 21.3. The van der Waals surface area contributed by atoms with Crippen molar-refractivity contribution in [3.05, 3.63) is 78.4 Å². The number of amides is 1. The van der Waals surface area contributed by atoms with Gasteiger partial charge in [-0.15, -0.1) is 19.8 Å². The van der Waals surface area contributed by atoms with Gasteiger partial charge in [-0.05, 0) is 73.7 Å². The van der Waals surface area contributed by atoms with Gasteiger partial charge in [-0.25, -0.2) is 0 Å². The van der Waals surface area contributed by atoms with Crippen molar-refractivity contribution < 1.29 is 32.5 Å². The van der Waals surface area contributed by atoms with E-state index in [4.69, 9.17) is 4.74 Å². The number of hydrogen-bond donors (Lipinski definition) is 2. The fourth-order valence-corrected chi connectivity index (χ4v) is 6.09. The number of phenolic OH excluding ortho intramolecular Hbond substituents is 1. The molecule has 0 radical (unpaired) electrons. The van der Waals surface area contributed by atoms with Crippen molar-refractivity contribution in [3.63, 3.8) is 0 Å². The maximum atomic E-state index is 12.8. The zero-order chi connectivity index (χ0) is 27.4. The number of alkyl halides is 3. The van der Waals surface area contributed by atoms with E-state index >= 15 is 0 Å². The largest absolute Gasteiger partial charge is 0.573 e. The van der Waals surface area contributed by atoms with Crippen LogP contribution in [0.4, 0.5) is 13.2 Å². The first-order valence-corrected chi connectivity index (χ1v) is 12.6. The molecule has 1 heterocycles. The van der Waals surface area contributed by atoms with Crippen LogP contribution in [0.2, 0.25) is 0 Å². The van der Waals surface area contributed by atoms with Gasteiger partial charge in [0.05, 0.1) is 5.60 Å². The molecule has 1 saturated heterocycles. The molecular weight excluding hydrogens is 497 g/mol. The fraction of sp³-hybridized carbons (Fsp3) is 0.414. The van der Waals surface area contributed by atoms with E-state index in [-0.39, 0.29) is 23.4 Å². The molecule has 2 aliphatic rings. The number of aromatic hydroxyl groups is 1. The maximum Gasteiger partial charge on any atom is 0.573 e. The summed E-state index contributed by atoms with van der Waals surface area (Å²) in [6.07, 6.45) is 2.69. The molecule has 2 aromatic carbocycles. The van der Waals surface area contributed by atoms with E-state index in [1.165, 1.54) is 30.4 Å². The van der Waals surface area contributed by atoms with Crippen molar-refractivity contribution >= 4 is 12.0 Å². The van der Waals surface area contributed by atoms with Gasteiger partial charge in [0.1, 0.15) is 11.5 Å². The minimum absolute atomic E-state index is 0.149. The second-order valence-electron chi connectivity index (χ2n) is 10.0. The molecule has 0 spiro atoms. The molecule has 2 aromatic rings. The summed E-state index contributed by atoms with van der Waals surface area (Å²) in [6.45, 7) is 6.16. The van der Waals surface area contributed by atoms with Crippen LogP contribution in [0.25, 0.3) is 6.08 Å². The predicted octanol–water partition coefficient (Wildman–Crippen LogP) is 5.19. The van der Waals surface area contributed by atoms with Crippen LogP contribution in [0, 0.1) is 0 Å². The second-order valence-corrected chi connectivity index (χ2v) is 10.0. The highest BCUT2D eigenvalue weighted by molar-refractivity contribution is 5.92. The molecule has 2 fully saturated rings. The number of benzene rings is 2. The van der Waals surface area contributed by atoms with Crippen LogP contribution in [-0.4, -0.2) is 60.7 Å². The molecule has 1 aliphatic heterocycles. The van der Waals surface area contributed by atoms with Crippen LogP contribution in [0.3, 0.4) is 0 Å². The quantitative estimate of drug-likeness (QED) is 0.363. The molecule has 0 aromatic heterocycles. The summed E-state index contributed by atoms with van der Waals surface area (Å²) in [5, 5.41) is 13.4. The van der Waals surface area contributed by atoms with Crippen LogP contribution in [0.5, 0.6) is 11.5 Å². The van der Waals surface area contributed by atoms with Crippen molar-refractivity contribution in [2.45, 2.75) is 49.1 Å². The number of carbonyl (C=O) groups is 1. The number of nitrogens with one attached hydrogen (secondary N) is 1. The molecule has 0 bridgehead atoms. The van der Waals surface area contributed by atoms with E-state index in [1.807, 2.05) is 18.2 Å². The van der Waals surface area contributed by atoms with Gasteiger partial charge in [0.15, 0.2) is 0 Å². The van der Waals surface area contributed by atoms with E-state index in [1.54, 1.807) is 25.3 Å². The molecular formula is C29H33F3N2O4. The summed E-state index contributed by atoms with van der Waals surface area (Å²) in [6, 6.07) is 12.6. The zero-order valence-electron chi connectivity index (χ0n) is 21.3. The Labute approximate surface area is 220 Å². The molecule has 2 N–H and O–H groups in total. The van der Waals surface area contributed by atoms with Gasteiger partial charge in [0, 0.05) is 37.7 Å². The number of carbonyl (C=O) groups excluding carboxylic acids is 1. The van der Waals surface area contributed by atoms with Crippen LogP contribution in [0.1, 0.15) is 36.8 Å². The number of phenols is 1. The highest BCUT2D eigenvalue weighted by Crippen LogP contribution is 2.53. The second kappa shape index (κ2) is 11.2. The number of piperidine rings is 1. The Morgan fingerprint density at radius 3 is 2.74 bits per heavy atom. The van der Waals surface area contributed by atoms with Gasteiger partial charge in [-0.3, -0.25) is 9.69 Å². The van der Waals surface area contributed by atoms with Crippen molar-refractivity contribution in [2.24, 2.45) is 0 Å². The Kier molecular flexibility index (Phi) is 8.18. The monoisotopic (exact) mass is 530 g/mol. The number of methoxy groups -OCH3 is 1. The van der Waals surface area contributed by atoms with Crippen LogP contribution in [-0.2, 0) is 14.9 Å². The summed E-state index contributed by atoms with van der Waals surface area (Å²) in [7, 11) is 1.73. The lowest BCUT2D eigenvalue weighted by molar-refractivity contribution is -0.274. The van der Waals surface area contributed by atoms with Crippen LogP contribution < -0.4 is 10.1 Å². The number of nitrogens with zero attached hydrogens (tertiary/aromatic N) is 1. The summed E-state index contributed by atoms with van der Waals surface area (Å²) < 4.78 is 47.8. The van der Waals surface area contributed by atoms with E-state index in [0.717, 1.165) is 25.1 Å². The molecule has 38 heavy (non-hydrogen) atoms. The van der Waals surface area contributed by atoms with Gasteiger partial charge < -0.3 is 19.9 Å². The van der Waals surface area contributed by atoms with Crippen LogP contribution >= 0.6 is 0 Å². The van der Waals surface area contributed by atoms with Crippen molar-refractivity contribution in [2.75, 3.05) is 26.7 Å². The summed E-state index contributed by atoms with van der Waals surface area (Å²) in [5.41, 5.74) is 0.461. The molecule has 1 amide bonds. The van der Waals surface area contributed by atoms with Gasteiger partial charge in [-0.1, -0.05) is 30.3 Å². The Hall–Kier alpha value is -3.30. The SMILES string of the molecule is C=CCN1CCC2(c3cccc(O)c3)CC(NC(=O)C=Cc3cccc(OC(F)(F)F)c3)CCC2(OC)C1. The predicted molar refractivity (Wildman–Crippen MR) is 139 cm³/mol. The number of fused-ring (bicyclic) bond motifs is 1. The first-order chi connectivity index (χ1) is 18.1. The van der Waals surface area contributed by atoms with Gasteiger partial charge in [0.25, 0.3) is 0 Å². The van der Waals surface area contributed by atoms with Crippen LogP contribution in [0.15, 0.2) is 67.3 Å². The molecule has 6 nitrogen and oxygen atoms in total. The number of ether oxygens (including phenoxy) is 2. The van der Waals surface area contributed by atoms with E-state index in [2.05, 4.69) is 21.5 Å². The average molecular weight is 531 g/mol. The maximum absolute atomic E-state index is 12.8. The topological polar surface area (TPSA) is 71.0 Å². The third kappa shape index (κ3) is 6.05. The third-order valence-electron chi connectivity index (χ3n) is 7.74.